The van der Waals surface area contributed by atoms with Crippen molar-refractivity contribution in [3.63, 3.8) is 0 Å². The number of ketones is 1. The molecule has 0 saturated heterocycles. The van der Waals surface area contributed by atoms with E-state index in [-0.39, 0.29) is 22.5 Å². The maximum Gasteiger partial charge on any atom is 0.336 e. The Labute approximate surface area is 166 Å². The van der Waals surface area contributed by atoms with Crippen LogP contribution in [0.1, 0.15) is 24.2 Å². The van der Waals surface area contributed by atoms with Gasteiger partial charge in [-0.15, -0.1) is 0 Å². The Hall–Kier alpha value is -3.36. The van der Waals surface area contributed by atoms with Gasteiger partial charge in [0.1, 0.15) is 17.7 Å². The van der Waals surface area contributed by atoms with Crippen LogP contribution in [0.2, 0.25) is 0 Å². The first kappa shape index (κ1) is 21.9. The number of halogens is 1. The summed E-state index contributed by atoms with van der Waals surface area (Å²) in [5.74, 6) is -6.29. The molecule has 0 N–H and O–H groups in total. The van der Waals surface area contributed by atoms with Gasteiger partial charge in [-0.1, -0.05) is 0 Å². The molecular weight excluding hydrogens is 385 g/mol. The Morgan fingerprint density at radius 2 is 1.59 bits per heavy atom. The monoisotopic (exact) mass is 405 g/mol. The Morgan fingerprint density at radius 3 is 2.14 bits per heavy atom. The van der Waals surface area contributed by atoms with Gasteiger partial charge in [0.2, 0.25) is 0 Å². The number of nitrogens with zero attached hydrogens (tertiary/aromatic N) is 1. The fraction of sp³-hybridized carbons (Fsp3) is 0.350. The fourth-order valence-corrected chi connectivity index (χ4v) is 3.04. The Balaban J connectivity index is 2.30. The van der Waals surface area contributed by atoms with Crippen LogP contribution >= 0.6 is 0 Å². The van der Waals surface area contributed by atoms with E-state index >= 15 is 0 Å². The molecular formula is C20H20FNO7. The Morgan fingerprint density at radius 1 is 0.966 bits per heavy atom. The maximum atomic E-state index is 13.0. The van der Waals surface area contributed by atoms with E-state index in [4.69, 9.17) is 14.2 Å². The number of hydrogen-bond acceptors (Lipinski definition) is 8. The second-order valence-electron chi connectivity index (χ2n) is 6.26. The molecule has 0 aliphatic carbocycles. The molecule has 2 rings (SSSR count). The molecule has 1 heterocycles. The normalized spacial score (nSPS) is 18.6. The van der Waals surface area contributed by atoms with E-state index in [9.17, 15) is 23.6 Å². The lowest BCUT2D eigenvalue weighted by molar-refractivity contribution is -0.156. The van der Waals surface area contributed by atoms with Crippen molar-refractivity contribution >= 4 is 29.4 Å². The smallest absolute Gasteiger partial charge is 0.336 e. The summed E-state index contributed by atoms with van der Waals surface area (Å²) in [7, 11) is 2.26. The number of benzene rings is 1. The zero-order valence-electron chi connectivity index (χ0n) is 16.4. The maximum absolute atomic E-state index is 13.0. The van der Waals surface area contributed by atoms with Crippen LogP contribution in [-0.4, -0.2) is 50.2 Å². The van der Waals surface area contributed by atoms with Crippen LogP contribution in [0.5, 0.6) is 0 Å². The zero-order valence-corrected chi connectivity index (χ0v) is 16.4. The third-order valence-electron chi connectivity index (χ3n) is 4.45. The molecule has 0 amide bonds. The number of methoxy groups -OCH3 is 2. The van der Waals surface area contributed by atoms with Crippen LogP contribution in [0.4, 0.5) is 4.39 Å². The lowest BCUT2D eigenvalue weighted by Crippen LogP contribution is -2.42. The molecule has 0 aromatic heterocycles. The molecule has 0 bridgehead atoms. The van der Waals surface area contributed by atoms with Gasteiger partial charge < -0.3 is 14.2 Å². The highest BCUT2D eigenvalue weighted by atomic mass is 19.1. The summed E-state index contributed by atoms with van der Waals surface area (Å²) in [6, 6.07) is 4.71. The SMILES string of the molecule is COC(=O)C1=C(C)N=C(C)C(C(=O)OC)[C@@H]1C(=O)OCC(=O)c1ccc(F)cc1. The zero-order chi connectivity index (χ0) is 21.7. The average molecular weight is 405 g/mol. The summed E-state index contributed by atoms with van der Waals surface area (Å²) >= 11 is 0. The van der Waals surface area contributed by atoms with Gasteiger partial charge in [-0.25, -0.2) is 9.18 Å². The molecule has 1 aromatic carbocycles. The first-order valence-corrected chi connectivity index (χ1v) is 8.58. The predicted molar refractivity (Wildman–Crippen MR) is 98.5 cm³/mol. The van der Waals surface area contributed by atoms with Crippen LogP contribution in [0, 0.1) is 17.7 Å². The van der Waals surface area contributed by atoms with Gasteiger partial charge in [0.05, 0.1) is 19.8 Å². The summed E-state index contributed by atoms with van der Waals surface area (Å²) < 4.78 is 27.5. The first-order chi connectivity index (χ1) is 13.7. The summed E-state index contributed by atoms with van der Waals surface area (Å²) in [5, 5.41) is 0. The molecule has 1 aliphatic rings. The molecule has 2 atom stereocenters. The van der Waals surface area contributed by atoms with E-state index in [1.165, 1.54) is 26.0 Å². The number of aliphatic imine (C=N–C) groups is 1. The van der Waals surface area contributed by atoms with Crippen molar-refractivity contribution in [2.45, 2.75) is 13.8 Å². The van der Waals surface area contributed by atoms with Gasteiger partial charge in [-0.3, -0.25) is 19.4 Å². The number of hydrogen-bond donors (Lipinski definition) is 0. The third-order valence-corrected chi connectivity index (χ3v) is 4.45. The van der Waals surface area contributed by atoms with E-state index in [1.807, 2.05) is 0 Å². The Bertz CT molecular complexity index is 902. The van der Waals surface area contributed by atoms with Gasteiger partial charge in [-0.2, -0.15) is 0 Å². The minimum Gasteiger partial charge on any atom is -0.468 e. The van der Waals surface area contributed by atoms with Crippen molar-refractivity contribution in [3.8, 4) is 0 Å². The molecule has 9 heteroatoms. The summed E-state index contributed by atoms with van der Waals surface area (Å²) in [6.45, 7) is 2.36. The minimum absolute atomic E-state index is 0.144. The van der Waals surface area contributed by atoms with Crippen molar-refractivity contribution in [2.24, 2.45) is 16.8 Å². The third kappa shape index (κ3) is 4.74. The highest BCUT2D eigenvalue weighted by molar-refractivity contribution is 6.10. The fourth-order valence-electron chi connectivity index (χ4n) is 3.04. The van der Waals surface area contributed by atoms with Crippen molar-refractivity contribution in [2.75, 3.05) is 20.8 Å². The number of carbonyl (C=O) groups excluding carboxylic acids is 4. The van der Waals surface area contributed by atoms with Crippen molar-refractivity contribution in [1.29, 1.82) is 0 Å². The van der Waals surface area contributed by atoms with Crippen molar-refractivity contribution < 1.29 is 37.8 Å². The summed E-state index contributed by atoms with van der Waals surface area (Å²) in [5.41, 5.74) is 0.452. The molecule has 29 heavy (non-hydrogen) atoms. The lowest BCUT2D eigenvalue weighted by atomic mass is 9.80. The van der Waals surface area contributed by atoms with E-state index in [1.54, 1.807) is 0 Å². The highest BCUT2D eigenvalue weighted by Gasteiger charge is 2.46. The largest absolute Gasteiger partial charge is 0.468 e. The standard InChI is InChI=1S/C20H20FNO7/c1-10-15(18(24)27-3)17(16(11(2)22-10)19(25)28-4)20(26)29-9-14(23)12-5-7-13(21)8-6-12/h5-8,15,17H,9H2,1-4H3/t15?,17-/m0/s1. The van der Waals surface area contributed by atoms with Crippen LogP contribution < -0.4 is 0 Å². The number of ether oxygens (including phenoxy) is 3. The van der Waals surface area contributed by atoms with Gasteiger partial charge in [0.25, 0.3) is 0 Å². The van der Waals surface area contributed by atoms with Crippen LogP contribution in [0.15, 0.2) is 40.5 Å². The van der Waals surface area contributed by atoms with Crippen molar-refractivity contribution in [1.82, 2.24) is 0 Å². The molecule has 1 aromatic rings. The van der Waals surface area contributed by atoms with E-state index in [2.05, 4.69) is 4.99 Å². The second-order valence-corrected chi connectivity index (χ2v) is 6.26. The molecule has 0 saturated carbocycles. The lowest BCUT2D eigenvalue weighted by Gasteiger charge is -2.29. The van der Waals surface area contributed by atoms with Crippen molar-refractivity contribution in [3.05, 3.63) is 46.9 Å². The van der Waals surface area contributed by atoms with E-state index in [0.29, 0.717) is 0 Å². The number of allylic oxidation sites excluding steroid dienone is 1. The first-order valence-electron chi connectivity index (χ1n) is 8.58. The molecule has 154 valence electrons. The van der Waals surface area contributed by atoms with Gasteiger partial charge in [0.15, 0.2) is 12.4 Å². The van der Waals surface area contributed by atoms with Gasteiger partial charge >= 0.3 is 17.9 Å². The predicted octanol–water partition coefficient (Wildman–Crippen LogP) is 1.88. The summed E-state index contributed by atoms with van der Waals surface area (Å²) in [4.78, 5) is 53.6. The molecule has 8 nitrogen and oxygen atoms in total. The second kappa shape index (κ2) is 9.22. The number of Topliss-reactive ketones (excluding diaryl/α,β-unsaturated/α-hetero) is 1. The van der Waals surface area contributed by atoms with Crippen LogP contribution in [0.25, 0.3) is 0 Å². The minimum atomic E-state index is -1.38. The van der Waals surface area contributed by atoms with Gasteiger partial charge in [0, 0.05) is 17.0 Å². The van der Waals surface area contributed by atoms with Gasteiger partial charge in [-0.05, 0) is 38.1 Å². The number of carbonyl (C=O) groups is 4. The molecule has 1 aliphatic heterocycles. The van der Waals surface area contributed by atoms with Crippen LogP contribution in [-0.2, 0) is 28.6 Å². The highest BCUT2D eigenvalue weighted by Crippen LogP contribution is 2.33. The van der Waals surface area contributed by atoms with E-state index < -0.39 is 48.0 Å². The quantitative estimate of drug-likeness (QED) is 0.404. The average Bonchev–Trinajstić information content (AvgIpc) is 2.70. The Kier molecular flexibility index (Phi) is 6.98. The number of esters is 3. The van der Waals surface area contributed by atoms with E-state index in [0.717, 1.165) is 26.4 Å². The molecule has 0 spiro atoms. The van der Waals surface area contributed by atoms with Crippen LogP contribution in [0.3, 0.4) is 0 Å². The number of rotatable bonds is 6. The summed E-state index contributed by atoms with van der Waals surface area (Å²) in [6.07, 6.45) is 0. The molecule has 1 unspecified atom stereocenters. The molecule has 0 fully saturated rings. The molecule has 0 radical (unpaired) electrons. The topological polar surface area (TPSA) is 108 Å².